The van der Waals surface area contributed by atoms with Gasteiger partial charge in [-0.15, -0.1) is 0 Å². The zero-order chi connectivity index (χ0) is 11.9. The Morgan fingerprint density at radius 3 is 2.56 bits per heavy atom. The van der Waals surface area contributed by atoms with Crippen LogP contribution in [0.25, 0.3) is 0 Å². The average Bonchev–Trinajstić information content (AvgIpc) is 2.26. The van der Waals surface area contributed by atoms with Gasteiger partial charge in [0.05, 0.1) is 6.61 Å². The molecule has 0 aromatic rings. The summed E-state index contributed by atoms with van der Waals surface area (Å²) in [6, 6.07) is 0. The van der Waals surface area contributed by atoms with Crippen molar-refractivity contribution in [1.29, 1.82) is 0 Å². The smallest absolute Gasteiger partial charge is 0.0639 e. The van der Waals surface area contributed by atoms with E-state index in [1.807, 2.05) is 6.92 Å². The minimum Gasteiger partial charge on any atom is -0.392 e. The van der Waals surface area contributed by atoms with E-state index in [2.05, 4.69) is 26.8 Å². The molecule has 3 saturated carbocycles. The Bertz CT molecular complexity index is 290. The lowest BCUT2D eigenvalue weighted by atomic mass is 9.43. The zero-order valence-corrected chi connectivity index (χ0v) is 11.2. The molecule has 1 N–H and O–H groups in total. The van der Waals surface area contributed by atoms with Crippen molar-refractivity contribution in [1.82, 2.24) is 0 Å². The van der Waals surface area contributed by atoms with Crippen molar-refractivity contribution in [3.63, 3.8) is 0 Å². The molecule has 4 atom stereocenters. The van der Waals surface area contributed by atoms with Crippen LogP contribution in [-0.4, -0.2) is 11.7 Å². The number of fused-ring (bicyclic) bond motifs is 2. The summed E-state index contributed by atoms with van der Waals surface area (Å²) in [5.41, 5.74) is 1.73. The Morgan fingerprint density at radius 2 is 2.06 bits per heavy atom. The molecule has 0 aliphatic heterocycles. The summed E-state index contributed by atoms with van der Waals surface area (Å²) in [6.45, 7) is 9.59. The molecule has 0 unspecified atom stereocenters. The van der Waals surface area contributed by atoms with Gasteiger partial charge < -0.3 is 5.11 Å². The van der Waals surface area contributed by atoms with Crippen LogP contribution in [0.2, 0.25) is 0 Å². The molecule has 0 aromatic heterocycles. The fourth-order valence-corrected chi connectivity index (χ4v) is 3.99. The quantitative estimate of drug-likeness (QED) is 0.723. The van der Waals surface area contributed by atoms with Gasteiger partial charge in [-0.2, -0.15) is 0 Å². The molecule has 3 aliphatic rings. The van der Waals surface area contributed by atoms with Crippen LogP contribution in [0, 0.1) is 29.1 Å². The van der Waals surface area contributed by atoms with Crippen molar-refractivity contribution < 1.29 is 5.11 Å². The van der Waals surface area contributed by atoms with E-state index in [1.165, 1.54) is 19.3 Å². The van der Waals surface area contributed by atoms with Crippen LogP contribution in [0.3, 0.4) is 0 Å². The van der Waals surface area contributed by atoms with Gasteiger partial charge in [-0.25, -0.2) is 0 Å². The minimum atomic E-state index is 0.222. The van der Waals surface area contributed by atoms with Crippen molar-refractivity contribution in [3.05, 3.63) is 11.6 Å². The Balaban J connectivity index is 1.96. The van der Waals surface area contributed by atoms with E-state index >= 15 is 0 Å². The summed E-state index contributed by atoms with van der Waals surface area (Å²) in [7, 11) is 0. The zero-order valence-electron chi connectivity index (χ0n) is 11.2. The molecule has 1 nitrogen and oxygen atoms in total. The van der Waals surface area contributed by atoms with Crippen molar-refractivity contribution in [3.8, 4) is 0 Å². The summed E-state index contributed by atoms with van der Waals surface area (Å²) in [5.74, 6) is 3.63. The van der Waals surface area contributed by atoms with E-state index in [-0.39, 0.29) is 6.61 Å². The third-order valence-corrected chi connectivity index (χ3v) is 5.53. The molecular weight excluding hydrogens is 196 g/mol. The fourth-order valence-electron chi connectivity index (χ4n) is 3.99. The van der Waals surface area contributed by atoms with Gasteiger partial charge in [0.1, 0.15) is 0 Å². The molecule has 16 heavy (non-hydrogen) atoms. The second-order valence-electron chi connectivity index (χ2n) is 6.66. The lowest BCUT2D eigenvalue weighted by Crippen LogP contribution is -2.54. The molecule has 0 heterocycles. The first kappa shape index (κ1) is 12.2. The van der Waals surface area contributed by atoms with E-state index in [0.717, 1.165) is 29.2 Å². The van der Waals surface area contributed by atoms with Crippen LogP contribution in [-0.2, 0) is 0 Å². The van der Waals surface area contributed by atoms with E-state index in [1.54, 1.807) is 0 Å². The minimum absolute atomic E-state index is 0.222. The third-order valence-electron chi connectivity index (χ3n) is 5.53. The predicted octanol–water partition coefficient (Wildman–Crippen LogP) is 3.63. The molecule has 0 amide bonds. The first-order chi connectivity index (χ1) is 7.46. The van der Waals surface area contributed by atoms with Crippen LogP contribution in [0.15, 0.2) is 11.6 Å². The predicted molar refractivity (Wildman–Crippen MR) is 68.1 cm³/mol. The lowest BCUT2D eigenvalue weighted by molar-refractivity contribution is -0.127. The first-order valence-electron chi connectivity index (χ1n) is 6.73. The van der Waals surface area contributed by atoms with Crippen molar-refractivity contribution in [2.75, 3.05) is 6.61 Å². The number of hydrogen-bond donors (Lipinski definition) is 1. The van der Waals surface area contributed by atoms with Gasteiger partial charge in [0, 0.05) is 0 Å². The van der Waals surface area contributed by atoms with Gasteiger partial charge in [-0.05, 0) is 55.3 Å². The molecule has 2 bridgehead atoms. The molecule has 1 heteroatoms. The van der Waals surface area contributed by atoms with Gasteiger partial charge in [0.2, 0.25) is 0 Å². The summed E-state index contributed by atoms with van der Waals surface area (Å²) < 4.78 is 0. The van der Waals surface area contributed by atoms with Crippen molar-refractivity contribution in [2.45, 2.75) is 47.0 Å². The van der Waals surface area contributed by atoms with Gasteiger partial charge in [0.15, 0.2) is 0 Å². The maximum absolute atomic E-state index is 9.01. The van der Waals surface area contributed by atoms with Crippen LogP contribution in [0.5, 0.6) is 0 Å². The van der Waals surface area contributed by atoms with Gasteiger partial charge >= 0.3 is 0 Å². The Labute approximate surface area is 99.9 Å². The molecule has 0 saturated heterocycles. The molecule has 3 rings (SSSR count). The molecular formula is C15H26O. The number of allylic oxidation sites excluding steroid dienone is 1. The van der Waals surface area contributed by atoms with E-state index in [9.17, 15) is 0 Å². The van der Waals surface area contributed by atoms with Crippen LogP contribution in [0.1, 0.15) is 47.0 Å². The van der Waals surface area contributed by atoms with E-state index in [0.29, 0.717) is 5.41 Å². The van der Waals surface area contributed by atoms with Gasteiger partial charge in [0.25, 0.3) is 0 Å². The van der Waals surface area contributed by atoms with Crippen LogP contribution in [0.4, 0.5) is 0 Å². The third kappa shape index (κ3) is 1.84. The monoisotopic (exact) mass is 222 g/mol. The Morgan fingerprint density at radius 1 is 1.38 bits per heavy atom. The van der Waals surface area contributed by atoms with E-state index < -0.39 is 0 Å². The van der Waals surface area contributed by atoms with Gasteiger partial charge in [-0.3, -0.25) is 0 Å². The van der Waals surface area contributed by atoms with E-state index in [4.69, 9.17) is 5.11 Å². The summed E-state index contributed by atoms with van der Waals surface area (Å²) in [4.78, 5) is 0. The lowest BCUT2D eigenvalue weighted by Gasteiger charge is -2.62. The second-order valence-corrected chi connectivity index (χ2v) is 6.66. The fraction of sp³-hybridized carbons (Fsp3) is 0.867. The Kier molecular flexibility index (Phi) is 3.18. The summed E-state index contributed by atoms with van der Waals surface area (Å²) >= 11 is 0. The SMILES string of the molecule is C/C(=C\C[C@@H]1C[C@@H]2C[C@H]([C@H]1C)C2(C)C)CO. The highest BCUT2D eigenvalue weighted by atomic mass is 16.3. The topological polar surface area (TPSA) is 20.2 Å². The molecule has 0 spiro atoms. The maximum atomic E-state index is 9.01. The summed E-state index contributed by atoms with van der Waals surface area (Å²) in [5, 5.41) is 9.01. The average molecular weight is 222 g/mol. The first-order valence-corrected chi connectivity index (χ1v) is 6.73. The maximum Gasteiger partial charge on any atom is 0.0639 e. The highest BCUT2D eigenvalue weighted by molar-refractivity contribution is 5.07. The number of hydrogen-bond acceptors (Lipinski definition) is 1. The second kappa shape index (κ2) is 4.18. The molecule has 92 valence electrons. The largest absolute Gasteiger partial charge is 0.392 e. The number of rotatable bonds is 3. The normalized spacial score (nSPS) is 41.7. The highest BCUT2D eigenvalue weighted by Crippen LogP contribution is 2.63. The Hall–Kier alpha value is -0.300. The molecule has 3 aliphatic carbocycles. The van der Waals surface area contributed by atoms with Crippen LogP contribution >= 0.6 is 0 Å². The highest BCUT2D eigenvalue weighted by Gasteiger charge is 2.55. The molecule has 0 aromatic carbocycles. The number of aliphatic hydroxyl groups excluding tert-OH is 1. The summed E-state index contributed by atoms with van der Waals surface area (Å²) in [6.07, 6.45) is 6.29. The van der Waals surface area contributed by atoms with Gasteiger partial charge in [-0.1, -0.05) is 32.4 Å². The standard InChI is InChI=1S/C15H26O/c1-10(9-16)5-6-12-7-13-8-14(11(12)2)15(13,3)4/h5,11-14,16H,6-9H2,1-4H3/b10-5+/t11-,12+,13+,14+/m0/s1. The van der Waals surface area contributed by atoms with Crippen molar-refractivity contribution in [2.24, 2.45) is 29.1 Å². The van der Waals surface area contributed by atoms with Crippen LogP contribution < -0.4 is 0 Å². The number of aliphatic hydroxyl groups is 1. The van der Waals surface area contributed by atoms with Crippen molar-refractivity contribution >= 4 is 0 Å². The molecule has 0 radical (unpaired) electrons. The molecule has 3 fully saturated rings.